The zero-order valence-electron chi connectivity index (χ0n) is 30.2. The minimum atomic E-state index is -1.40. The SMILES string of the molecule is CC(C)Sc1ccccc1CS[C@@H]1O[C@H](COC(=O)c2ccccc2)[C@@H](OC(=O)c2ccccc2)[C@H](OC(=O)c2ccccc2)[C@H]1OC(=O)c1ccccc1. The maximum Gasteiger partial charge on any atom is 0.338 e. The minimum Gasteiger partial charge on any atom is -0.459 e. The van der Waals surface area contributed by atoms with Crippen LogP contribution in [0.25, 0.3) is 0 Å². The van der Waals surface area contributed by atoms with Crippen molar-refractivity contribution >= 4 is 47.4 Å². The van der Waals surface area contributed by atoms with E-state index in [-0.39, 0.29) is 23.3 Å². The van der Waals surface area contributed by atoms with Gasteiger partial charge in [-0.15, -0.1) is 23.5 Å². The van der Waals surface area contributed by atoms with Crippen LogP contribution in [0.2, 0.25) is 0 Å². The standard InChI is InChI=1S/C44H40O9S2/c1-29(2)55-36-26-16-15-25-34(36)28-54-44-39(53-43(48)33-23-13-6-14-24-33)38(52-42(47)32-21-11-5-12-22-32)37(51-41(46)31-19-9-4-10-20-31)35(50-44)27-49-40(45)30-17-7-3-8-18-30/h3-26,29,35,37-39,44H,27-28H2,1-2H3/t35-,37-,38+,39-,44+/m1/s1. The fraction of sp³-hybridized carbons (Fsp3) is 0.227. The lowest BCUT2D eigenvalue weighted by molar-refractivity contribution is -0.207. The van der Waals surface area contributed by atoms with Gasteiger partial charge in [-0.25, -0.2) is 19.2 Å². The largest absolute Gasteiger partial charge is 0.459 e. The Morgan fingerprint density at radius 1 is 0.545 bits per heavy atom. The van der Waals surface area contributed by atoms with Crippen molar-refractivity contribution in [1.82, 2.24) is 0 Å². The van der Waals surface area contributed by atoms with Crippen LogP contribution < -0.4 is 0 Å². The molecule has 55 heavy (non-hydrogen) atoms. The second kappa shape index (κ2) is 19.3. The second-order valence-electron chi connectivity index (χ2n) is 12.8. The molecule has 0 aliphatic carbocycles. The van der Waals surface area contributed by atoms with E-state index in [0.717, 1.165) is 10.5 Å². The molecule has 0 unspecified atom stereocenters. The molecule has 1 aliphatic heterocycles. The fourth-order valence-electron chi connectivity index (χ4n) is 5.83. The topological polar surface area (TPSA) is 114 Å². The maximum atomic E-state index is 13.9. The van der Waals surface area contributed by atoms with Crippen molar-refractivity contribution < 1.29 is 42.9 Å². The minimum absolute atomic E-state index is 0.226. The predicted molar refractivity (Wildman–Crippen MR) is 211 cm³/mol. The summed E-state index contributed by atoms with van der Waals surface area (Å²) in [6, 6.07) is 41.5. The molecule has 0 spiro atoms. The van der Waals surface area contributed by atoms with Gasteiger partial charge in [0.05, 0.1) is 22.3 Å². The average Bonchev–Trinajstić information content (AvgIpc) is 3.22. The van der Waals surface area contributed by atoms with Crippen LogP contribution in [0, 0.1) is 0 Å². The van der Waals surface area contributed by atoms with Crippen LogP contribution in [0.5, 0.6) is 0 Å². The van der Waals surface area contributed by atoms with Crippen LogP contribution >= 0.6 is 23.5 Å². The molecule has 1 fully saturated rings. The Morgan fingerprint density at radius 2 is 0.964 bits per heavy atom. The molecule has 0 N–H and O–H groups in total. The van der Waals surface area contributed by atoms with Gasteiger partial charge in [0.25, 0.3) is 0 Å². The van der Waals surface area contributed by atoms with Crippen LogP contribution in [0.4, 0.5) is 0 Å². The Labute approximate surface area is 328 Å². The number of thioether (sulfide) groups is 2. The summed E-state index contributed by atoms with van der Waals surface area (Å²) in [5.41, 5.74) is 1.06. The molecular weight excluding hydrogens is 737 g/mol. The Balaban J connectivity index is 1.41. The zero-order valence-corrected chi connectivity index (χ0v) is 31.9. The molecule has 1 aliphatic rings. The number of hydrogen-bond donors (Lipinski definition) is 0. The van der Waals surface area contributed by atoms with E-state index in [1.807, 2.05) is 24.3 Å². The van der Waals surface area contributed by atoms with Crippen LogP contribution in [0.15, 0.2) is 150 Å². The summed E-state index contributed by atoms with van der Waals surface area (Å²) in [5.74, 6) is -2.38. The van der Waals surface area contributed by atoms with Crippen molar-refractivity contribution in [2.24, 2.45) is 0 Å². The molecule has 0 amide bonds. The first-order valence-electron chi connectivity index (χ1n) is 17.8. The summed E-state index contributed by atoms with van der Waals surface area (Å²) >= 11 is 3.05. The third-order valence-corrected chi connectivity index (χ3v) is 10.8. The van der Waals surface area contributed by atoms with E-state index in [1.165, 1.54) is 11.8 Å². The third kappa shape index (κ3) is 10.7. The van der Waals surface area contributed by atoms with Gasteiger partial charge in [0, 0.05) is 15.9 Å². The first-order valence-corrected chi connectivity index (χ1v) is 19.7. The highest BCUT2D eigenvalue weighted by Gasteiger charge is 2.53. The molecule has 282 valence electrons. The maximum absolute atomic E-state index is 13.9. The van der Waals surface area contributed by atoms with Crippen LogP contribution in [-0.2, 0) is 29.4 Å². The number of hydrogen-bond acceptors (Lipinski definition) is 11. The highest BCUT2D eigenvalue weighted by Crippen LogP contribution is 2.38. The number of carbonyl (C=O) groups excluding carboxylic acids is 4. The van der Waals surface area contributed by atoms with E-state index in [9.17, 15) is 19.2 Å². The summed E-state index contributed by atoms with van der Waals surface area (Å²) in [6.45, 7) is 3.85. The predicted octanol–water partition coefficient (Wildman–Crippen LogP) is 8.68. The van der Waals surface area contributed by atoms with Crippen molar-refractivity contribution in [2.75, 3.05) is 6.61 Å². The quantitative estimate of drug-likeness (QED) is 0.0613. The van der Waals surface area contributed by atoms with E-state index in [0.29, 0.717) is 16.6 Å². The molecule has 0 saturated carbocycles. The lowest BCUT2D eigenvalue weighted by Gasteiger charge is -2.44. The van der Waals surface area contributed by atoms with Crippen LogP contribution in [0.3, 0.4) is 0 Å². The van der Waals surface area contributed by atoms with Gasteiger partial charge in [-0.05, 0) is 60.2 Å². The van der Waals surface area contributed by atoms with Gasteiger partial charge in [0.2, 0.25) is 0 Å². The van der Waals surface area contributed by atoms with Gasteiger partial charge < -0.3 is 23.7 Å². The summed E-state index contributed by atoms with van der Waals surface area (Å²) in [6.07, 6.45) is -5.23. The van der Waals surface area contributed by atoms with Crippen molar-refractivity contribution in [3.05, 3.63) is 173 Å². The summed E-state index contributed by atoms with van der Waals surface area (Å²) in [5, 5.41) is 0.321. The summed E-state index contributed by atoms with van der Waals surface area (Å²) in [7, 11) is 0. The van der Waals surface area contributed by atoms with Gasteiger partial charge >= 0.3 is 23.9 Å². The number of carbonyl (C=O) groups is 4. The van der Waals surface area contributed by atoms with E-state index in [1.54, 1.807) is 133 Å². The Bertz CT molecular complexity index is 2030. The number of rotatable bonds is 14. The normalized spacial score (nSPS) is 19.2. The molecule has 1 heterocycles. The summed E-state index contributed by atoms with van der Waals surface area (Å²) in [4.78, 5) is 55.7. The monoisotopic (exact) mass is 776 g/mol. The molecular formula is C44H40O9S2. The van der Waals surface area contributed by atoms with E-state index in [2.05, 4.69) is 13.8 Å². The molecule has 11 heteroatoms. The van der Waals surface area contributed by atoms with E-state index < -0.39 is 53.7 Å². The number of ether oxygens (including phenoxy) is 5. The number of esters is 4. The molecule has 5 aromatic rings. The fourth-order valence-corrected chi connectivity index (χ4v) is 8.09. The lowest BCUT2D eigenvalue weighted by Crippen LogP contribution is -2.61. The first kappa shape index (κ1) is 39.3. The smallest absolute Gasteiger partial charge is 0.338 e. The highest BCUT2D eigenvalue weighted by molar-refractivity contribution is 8.00. The molecule has 6 rings (SSSR count). The van der Waals surface area contributed by atoms with Crippen molar-refractivity contribution in [3.63, 3.8) is 0 Å². The Kier molecular flexibility index (Phi) is 13.8. The average molecular weight is 777 g/mol. The van der Waals surface area contributed by atoms with E-state index >= 15 is 0 Å². The zero-order chi connectivity index (χ0) is 38.6. The molecule has 1 saturated heterocycles. The Hall–Kier alpha value is -5.36. The van der Waals surface area contributed by atoms with Crippen LogP contribution in [-0.4, -0.2) is 65.6 Å². The third-order valence-electron chi connectivity index (χ3n) is 8.48. The second-order valence-corrected chi connectivity index (χ2v) is 15.5. The lowest BCUT2D eigenvalue weighted by atomic mass is 9.98. The molecule has 9 nitrogen and oxygen atoms in total. The van der Waals surface area contributed by atoms with Crippen molar-refractivity contribution in [3.8, 4) is 0 Å². The molecule has 5 aromatic carbocycles. The van der Waals surface area contributed by atoms with Gasteiger partial charge in [-0.3, -0.25) is 0 Å². The summed E-state index contributed by atoms with van der Waals surface area (Å²) < 4.78 is 31.0. The van der Waals surface area contributed by atoms with Gasteiger partial charge in [0.1, 0.15) is 18.1 Å². The molecule has 0 aromatic heterocycles. The highest BCUT2D eigenvalue weighted by atomic mass is 32.2. The van der Waals surface area contributed by atoms with Gasteiger partial charge in [0.15, 0.2) is 18.3 Å². The van der Waals surface area contributed by atoms with E-state index in [4.69, 9.17) is 23.7 Å². The van der Waals surface area contributed by atoms with Crippen LogP contribution in [0.1, 0.15) is 60.8 Å². The van der Waals surface area contributed by atoms with Crippen molar-refractivity contribution in [1.29, 1.82) is 0 Å². The molecule has 0 bridgehead atoms. The Morgan fingerprint density at radius 3 is 1.45 bits per heavy atom. The number of benzene rings is 5. The molecule has 5 atom stereocenters. The molecule has 0 radical (unpaired) electrons. The van der Waals surface area contributed by atoms with Gasteiger partial charge in [-0.2, -0.15) is 0 Å². The van der Waals surface area contributed by atoms with Gasteiger partial charge in [-0.1, -0.05) is 105 Å². The van der Waals surface area contributed by atoms with Crippen molar-refractivity contribution in [2.45, 2.75) is 59.6 Å². The first-order chi connectivity index (χ1) is 26.8.